The summed E-state index contributed by atoms with van der Waals surface area (Å²) in [5.74, 6) is -0.489. The third-order valence-corrected chi connectivity index (χ3v) is 5.68. The maximum absolute atomic E-state index is 12.4. The molecular weight excluding hydrogens is 290 g/mol. The summed E-state index contributed by atoms with van der Waals surface area (Å²) in [6.45, 7) is 1.55. The third-order valence-electron chi connectivity index (χ3n) is 3.89. The van der Waals surface area contributed by atoms with Gasteiger partial charge in [-0.25, -0.2) is 8.42 Å². The van der Waals surface area contributed by atoms with Gasteiger partial charge in [-0.15, -0.1) is 0 Å². The van der Waals surface area contributed by atoms with Gasteiger partial charge < -0.3 is 10.4 Å². The van der Waals surface area contributed by atoms with E-state index in [1.54, 1.807) is 19.1 Å². The van der Waals surface area contributed by atoms with Crippen LogP contribution >= 0.6 is 0 Å². The number of amides is 1. The number of nitrogens with one attached hydrogen (secondary N) is 1. The smallest absolute Gasteiger partial charge is 0.252 e. The third kappa shape index (κ3) is 3.63. The first-order valence-corrected chi connectivity index (χ1v) is 8.91. The molecular formula is C15H21NO4S. The predicted molar refractivity (Wildman–Crippen MR) is 79.9 cm³/mol. The van der Waals surface area contributed by atoms with Crippen LogP contribution in [-0.2, 0) is 9.84 Å². The summed E-state index contributed by atoms with van der Waals surface area (Å²) in [4.78, 5) is 12.4. The average molecular weight is 311 g/mol. The lowest BCUT2D eigenvalue weighted by Crippen LogP contribution is -2.45. The summed E-state index contributed by atoms with van der Waals surface area (Å²) in [7, 11) is -3.45. The summed E-state index contributed by atoms with van der Waals surface area (Å²) in [5.41, 5.74) is 0.150. The standard InChI is InChI=1S/C15H21NO4S/c1-2-21(19,20)14-10-6-3-7-11(14)15(18)16-12-8-4-5-9-13(12)17/h3,6-7,10,12-13,17H,2,4-5,8-9H2,1H3,(H,16,18)/t12-,13-/m1/s1. The van der Waals surface area contributed by atoms with Crippen LogP contribution in [-0.4, -0.2) is 37.3 Å². The summed E-state index contributed by atoms with van der Waals surface area (Å²) in [6.07, 6.45) is 2.73. The Bertz CT molecular complexity index is 612. The number of hydrogen-bond acceptors (Lipinski definition) is 4. The monoisotopic (exact) mass is 311 g/mol. The molecule has 0 unspecified atom stereocenters. The van der Waals surface area contributed by atoms with Gasteiger partial charge in [-0.2, -0.15) is 0 Å². The first-order chi connectivity index (χ1) is 9.95. The lowest BCUT2D eigenvalue weighted by Gasteiger charge is -2.28. The maximum Gasteiger partial charge on any atom is 0.252 e. The highest BCUT2D eigenvalue weighted by Gasteiger charge is 2.27. The van der Waals surface area contributed by atoms with E-state index in [1.165, 1.54) is 12.1 Å². The Morgan fingerprint density at radius 3 is 2.62 bits per heavy atom. The molecule has 1 fully saturated rings. The SMILES string of the molecule is CCS(=O)(=O)c1ccccc1C(=O)N[C@@H]1CCCC[C@H]1O. The van der Waals surface area contributed by atoms with Gasteiger partial charge >= 0.3 is 0 Å². The van der Waals surface area contributed by atoms with E-state index in [4.69, 9.17) is 0 Å². The van der Waals surface area contributed by atoms with Crippen LogP contribution in [0.25, 0.3) is 0 Å². The van der Waals surface area contributed by atoms with Gasteiger partial charge in [0.1, 0.15) is 0 Å². The Morgan fingerprint density at radius 1 is 1.29 bits per heavy atom. The van der Waals surface area contributed by atoms with Crippen LogP contribution in [0.2, 0.25) is 0 Å². The fourth-order valence-corrected chi connectivity index (χ4v) is 3.70. The molecule has 21 heavy (non-hydrogen) atoms. The van der Waals surface area contributed by atoms with E-state index in [0.29, 0.717) is 6.42 Å². The second-order valence-corrected chi connectivity index (χ2v) is 7.58. The summed E-state index contributed by atoms with van der Waals surface area (Å²) in [5, 5.41) is 12.7. The molecule has 0 saturated heterocycles. The molecule has 1 saturated carbocycles. The van der Waals surface area contributed by atoms with Crippen molar-refractivity contribution in [2.45, 2.75) is 49.6 Å². The van der Waals surface area contributed by atoms with E-state index in [9.17, 15) is 18.3 Å². The molecule has 0 heterocycles. The van der Waals surface area contributed by atoms with Gasteiger partial charge in [0.15, 0.2) is 9.84 Å². The Hall–Kier alpha value is -1.40. The Labute approximate surface area is 125 Å². The number of hydrogen-bond donors (Lipinski definition) is 2. The molecule has 6 heteroatoms. The molecule has 2 N–H and O–H groups in total. The van der Waals surface area contributed by atoms with E-state index >= 15 is 0 Å². The van der Waals surface area contributed by atoms with Crippen LogP contribution < -0.4 is 5.32 Å². The molecule has 1 aromatic rings. The minimum Gasteiger partial charge on any atom is -0.391 e. The molecule has 5 nitrogen and oxygen atoms in total. The van der Waals surface area contributed by atoms with Crippen molar-refractivity contribution >= 4 is 15.7 Å². The van der Waals surface area contributed by atoms with E-state index < -0.39 is 21.8 Å². The van der Waals surface area contributed by atoms with Gasteiger partial charge in [0.2, 0.25) is 0 Å². The second kappa shape index (κ2) is 6.58. The number of sulfone groups is 1. The zero-order chi connectivity index (χ0) is 15.5. The van der Waals surface area contributed by atoms with Crippen molar-refractivity contribution < 1.29 is 18.3 Å². The molecule has 116 valence electrons. The van der Waals surface area contributed by atoms with Crippen LogP contribution in [0.15, 0.2) is 29.2 Å². The predicted octanol–water partition coefficient (Wildman–Crippen LogP) is 1.51. The van der Waals surface area contributed by atoms with Gasteiger partial charge in [0, 0.05) is 0 Å². The van der Waals surface area contributed by atoms with Crippen LogP contribution in [0.5, 0.6) is 0 Å². The molecule has 0 aliphatic heterocycles. The average Bonchev–Trinajstić information content (AvgIpc) is 2.49. The zero-order valence-electron chi connectivity index (χ0n) is 12.1. The van der Waals surface area contributed by atoms with Crippen LogP contribution in [0, 0.1) is 0 Å². The molecule has 2 atom stereocenters. The Morgan fingerprint density at radius 2 is 1.95 bits per heavy atom. The fourth-order valence-electron chi connectivity index (χ4n) is 2.61. The lowest BCUT2D eigenvalue weighted by atomic mass is 9.92. The normalized spacial score (nSPS) is 22.8. The van der Waals surface area contributed by atoms with E-state index in [0.717, 1.165) is 19.3 Å². The Kier molecular flexibility index (Phi) is 5.00. The molecule has 1 aliphatic rings. The van der Waals surface area contributed by atoms with E-state index in [-0.39, 0.29) is 22.3 Å². The highest BCUT2D eigenvalue weighted by molar-refractivity contribution is 7.91. The van der Waals surface area contributed by atoms with Crippen molar-refractivity contribution in [3.05, 3.63) is 29.8 Å². The Balaban J connectivity index is 2.24. The number of aliphatic hydroxyl groups is 1. The number of rotatable bonds is 4. The van der Waals surface area contributed by atoms with Crippen molar-refractivity contribution in [2.24, 2.45) is 0 Å². The number of aliphatic hydroxyl groups excluding tert-OH is 1. The van der Waals surface area contributed by atoms with Crippen molar-refractivity contribution in [1.29, 1.82) is 0 Å². The first-order valence-electron chi connectivity index (χ1n) is 7.26. The van der Waals surface area contributed by atoms with E-state index in [1.807, 2.05) is 0 Å². The highest BCUT2D eigenvalue weighted by Crippen LogP contribution is 2.21. The van der Waals surface area contributed by atoms with Gasteiger partial charge in [-0.05, 0) is 25.0 Å². The second-order valence-electron chi connectivity index (χ2n) is 5.33. The molecule has 1 aliphatic carbocycles. The van der Waals surface area contributed by atoms with Crippen LogP contribution in [0.1, 0.15) is 43.0 Å². The summed E-state index contributed by atoms with van der Waals surface area (Å²) in [6, 6.07) is 5.90. The molecule has 2 rings (SSSR count). The molecule has 0 spiro atoms. The minimum atomic E-state index is -3.45. The zero-order valence-corrected chi connectivity index (χ0v) is 12.9. The quantitative estimate of drug-likeness (QED) is 0.883. The minimum absolute atomic E-state index is 0.0512. The number of carbonyl (C=O) groups is 1. The van der Waals surface area contributed by atoms with Crippen molar-refractivity contribution in [3.63, 3.8) is 0 Å². The van der Waals surface area contributed by atoms with Crippen LogP contribution in [0.3, 0.4) is 0 Å². The largest absolute Gasteiger partial charge is 0.391 e. The lowest BCUT2D eigenvalue weighted by molar-refractivity contribution is 0.0715. The van der Waals surface area contributed by atoms with Crippen molar-refractivity contribution in [3.8, 4) is 0 Å². The molecule has 0 bridgehead atoms. The molecule has 1 amide bonds. The number of benzene rings is 1. The summed E-state index contributed by atoms with van der Waals surface area (Å²) < 4.78 is 24.1. The molecule has 0 aromatic heterocycles. The van der Waals surface area contributed by atoms with Crippen LogP contribution in [0.4, 0.5) is 0 Å². The van der Waals surface area contributed by atoms with Crippen molar-refractivity contribution in [1.82, 2.24) is 5.32 Å². The van der Waals surface area contributed by atoms with Gasteiger partial charge in [0.05, 0.1) is 28.4 Å². The van der Waals surface area contributed by atoms with E-state index in [2.05, 4.69) is 5.32 Å². The topological polar surface area (TPSA) is 83.5 Å². The summed E-state index contributed by atoms with van der Waals surface area (Å²) >= 11 is 0. The maximum atomic E-state index is 12.4. The molecule has 0 radical (unpaired) electrons. The number of carbonyl (C=O) groups excluding carboxylic acids is 1. The fraction of sp³-hybridized carbons (Fsp3) is 0.533. The van der Waals surface area contributed by atoms with Gasteiger partial charge in [-0.1, -0.05) is 31.9 Å². The van der Waals surface area contributed by atoms with Gasteiger partial charge in [-0.3, -0.25) is 4.79 Å². The molecule has 1 aromatic carbocycles. The van der Waals surface area contributed by atoms with Gasteiger partial charge in [0.25, 0.3) is 5.91 Å². The van der Waals surface area contributed by atoms with Crippen molar-refractivity contribution in [2.75, 3.05) is 5.75 Å². The first kappa shape index (κ1) is 16.0. The highest BCUT2D eigenvalue weighted by atomic mass is 32.2.